The third-order valence-electron chi connectivity index (χ3n) is 2.82. The van der Waals surface area contributed by atoms with Crippen molar-refractivity contribution in [3.8, 4) is 0 Å². The summed E-state index contributed by atoms with van der Waals surface area (Å²) in [5.41, 5.74) is 8.59. The lowest BCUT2D eigenvalue weighted by Crippen LogP contribution is -2.40. The molecule has 1 heterocycles. The quantitative estimate of drug-likeness (QED) is 0.870. The van der Waals surface area contributed by atoms with Gasteiger partial charge in [-0.05, 0) is 30.9 Å². The minimum atomic E-state index is -0.232. The molecule has 1 aromatic heterocycles. The smallest absolute Gasteiger partial charge is 0.0522 e. The molecule has 0 radical (unpaired) electrons. The van der Waals surface area contributed by atoms with Crippen molar-refractivity contribution >= 4 is 0 Å². The molecule has 0 aliphatic carbocycles. The molecule has 0 saturated heterocycles. The van der Waals surface area contributed by atoms with Gasteiger partial charge in [0.2, 0.25) is 0 Å². The van der Waals surface area contributed by atoms with Gasteiger partial charge in [0.1, 0.15) is 0 Å². The van der Waals surface area contributed by atoms with Gasteiger partial charge >= 0.3 is 0 Å². The summed E-state index contributed by atoms with van der Waals surface area (Å²) in [6, 6.07) is 10.4. The Balaban J connectivity index is 2.04. The summed E-state index contributed by atoms with van der Waals surface area (Å²) >= 11 is 0. The summed E-state index contributed by atoms with van der Waals surface area (Å²) in [6.45, 7) is 2.09. The lowest BCUT2D eigenvalue weighted by Gasteiger charge is -2.24. The Kier molecular flexibility index (Phi) is 3.29. The SMILES string of the molecule is Cn1cc(CC(C)(N)Cc2ccccc2)cn1. The fraction of sp³-hybridized carbons (Fsp3) is 0.357. The third kappa shape index (κ3) is 3.43. The first-order chi connectivity index (χ1) is 8.05. The number of hydrogen-bond acceptors (Lipinski definition) is 2. The maximum Gasteiger partial charge on any atom is 0.0522 e. The second-order valence-electron chi connectivity index (χ2n) is 5.02. The Morgan fingerprint density at radius 3 is 2.41 bits per heavy atom. The highest BCUT2D eigenvalue weighted by atomic mass is 15.2. The second kappa shape index (κ2) is 4.72. The summed E-state index contributed by atoms with van der Waals surface area (Å²) in [6.07, 6.45) is 5.63. The van der Waals surface area contributed by atoms with Gasteiger partial charge in [-0.3, -0.25) is 4.68 Å². The largest absolute Gasteiger partial charge is 0.325 e. The van der Waals surface area contributed by atoms with E-state index in [-0.39, 0.29) is 5.54 Å². The van der Waals surface area contributed by atoms with E-state index in [0.29, 0.717) is 0 Å². The molecule has 2 aromatic rings. The molecule has 2 N–H and O–H groups in total. The van der Waals surface area contributed by atoms with Crippen LogP contribution in [0.1, 0.15) is 18.1 Å². The van der Waals surface area contributed by atoms with Gasteiger partial charge in [-0.15, -0.1) is 0 Å². The first-order valence-corrected chi connectivity index (χ1v) is 5.85. The maximum absolute atomic E-state index is 6.35. The van der Waals surface area contributed by atoms with Crippen LogP contribution in [0.4, 0.5) is 0 Å². The van der Waals surface area contributed by atoms with Gasteiger partial charge in [0.15, 0.2) is 0 Å². The van der Waals surface area contributed by atoms with E-state index < -0.39 is 0 Å². The number of rotatable bonds is 4. The average molecular weight is 229 g/mol. The van der Waals surface area contributed by atoms with Crippen LogP contribution in [0.3, 0.4) is 0 Å². The molecule has 1 unspecified atom stereocenters. The zero-order valence-electron chi connectivity index (χ0n) is 10.4. The predicted molar refractivity (Wildman–Crippen MR) is 69.7 cm³/mol. The lowest BCUT2D eigenvalue weighted by atomic mass is 9.88. The van der Waals surface area contributed by atoms with E-state index in [1.807, 2.05) is 30.2 Å². The molecule has 0 amide bonds. The molecule has 0 spiro atoms. The molecule has 3 heteroatoms. The van der Waals surface area contributed by atoms with E-state index in [1.165, 1.54) is 11.1 Å². The standard InChI is InChI=1S/C14H19N3/c1-14(15,8-12-6-4-3-5-7-12)9-13-10-16-17(2)11-13/h3-7,10-11H,8-9,15H2,1-2H3. The van der Waals surface area contributed by atoms with E-state index in [9.17, 15) is 0 Å². The van der Waals surface area contributed by atoms with Gasteiger partial charge < -0.3 is 5.73 Å². The van der Waals surface area contributed by atoms with E-state index in [2.05, 4.69) is 36.3 Å². The Labute approximate surface area is 102 Å². The van der Waals surface area contributed by atoms with Crippen LogP contribution in [0.25, 0.3) is 0 Å². The van der Waals surface area contributed by atoms with Crippen molar-refractivity contribution in [3.63, 3.8) is 0 Å². The van der Waals surface area contributed by atoms with Crippen LogP contribution >= 0.6 is 0 Å². The molecule has 0 bridgehead atoms. The topological polar surface area (TPSA) is 43.8 Å². The van der Waals surface area contributed by atoms with Crippen molar-refractivity contribution in [1.29, 1.82) is 0 Å². The van der Waals surface area contributed by atoms with E-state index in [1.54, 1.807) is 0 Å². The molecule has 2 rings (SSSR count). The van der Waals surface area contributed by atoms with Gasteiger partial charge in [0.05, 0.1) is 6.20 Å². The van der Waals surface area contributed by atoms with Crippen LogP contribution < -0.4 is 5.73 Å². The number of nitrogens with zero attached hydrogens (tertiary/aromatic N) is 2. The van der Waals surface area contributed by atoms with Crippen molar-refractivity contribution in [3.05, 3.63) is 53.9 Å². The third-order valence-corrected chi connectivity index (χ3v) is 2.82. The van der Waals surface area contributed by atoms with Crippen LogP contribution in [0.5, 0.6) is 0 Å². The van der Waals surface area contributed by atoms with Crippen molar-refractivity contribution < 1.29 is 0 Å². The van der Waals surface area contributed by atoms with E-state index in [0.717, 1.165) is 12.8 Å². The lowest BCUT2D eigenvalue weighted by molar-refractivity contribution is 0.463. The summed E-state index contributed by atoms with van der Waals surface area (Å²) in [5, 5.41) is 4.17. The second-order valence-corrected chi connectivity index (χ2v) is 5.02. The highest BCUT2D eigenvalue weighted by molar-refractivity contribution is 5.19. The van der Waals surface area contributed by atoms with Gasteiger partial charge in [0, 0.05) is 18.8 Å². The summed E-state index contributed by atoms with van der Waals surface area (Å²) < 4.78 is 1.81. The van der Waals surface area contributed by atoms with Gasteiger partial charge in [0.25, 0.3) is 0 Å². The molecule has 3 nitrogen and oxygen atoms in total. The molecule has 0 aliphatic rings. The van der Waals surface area contributed by atoms with Gasteiger partial charge in [-0.1, -0.05) is 30.3 Å². The fourth-order valence-corrected chi connectivity index (χ4v) is 2.15. The number of aromatic nitrogens is 2. The number of aryl methyl sites for hydroxylation is 1. The zero-order valence-corrected chi connectivity index (χ0v) is 10.4. The Bertz CT molecular complexity index is 471. The van der Waals surface area contributed by atoms with Crippen molar-refractivity contribution in [2.24, 2.45) is 12.8 Å². The van der Waals surface area contributed by atoms with Crippen LogP contribution in [0.15, 0.2) is 42.7 Å². The molecule has 0 saturated carbocycles. The Hall–Kier alpha value is -1.61. The Morgan fingerprint density at radius 1 is 1.18 bits per heavy atom. The van der Waals surface area contributed by atoms with Crippen molar-refractivity contribution in [1.82, 2.24) is 9.78 Å². The van der Waals surface area contributed by atoms with E-state index >= 15 is 0 Å². The monoisotopic (exact) mass is 229 g/mol. The molecular formula is C14H19N3. The average Bonchev–Trinajstić information content (AvgIpc) is 2.63. The molecule has 90 valence electrons. The predicted octanol–water partition coefficient (Wildman–Crippen LogP) is 1.92. The summed E-state index contributed by atoms with van der Waals surface area (Å²) in [7, 11) is 1.93. The van der Waals surface area contributed by atoms with E-state index in [4.69, 9.17) is 5.73 Å². The number of nitrogens with two attached hydrogens (primary N) is 1. The minimum Gasteiger partial charge on any atom is -0.325 e. The summed E-state index contributed by atoms with van der Waals surface area (Å²) in [4.78, 5) is 0. The molecule has 0 fully saturated rings. The van der Waals surface area contributed by atoms with Crippen molar-refractivity contribution in [2.45, 2.75) is 25.3 Å². The first kappa shape index (κ1) is 11.9. The van der Waals surface area contributed by atoms with Crippen LogP contribution in [-0.4, -0.2) is 15.3 Å². The van der Waals surface area contributed by atoms with Gasteiger partial charge in [-0.25, -0.2) is 0 Å². The normalized spacial score (nSPS) is 14.5. The molecule has 17 heavy (non-hydrogen) atoms. The van der Waals surface area contributed by atoms with Crippen molar-refractivity contribution in [2.75, 3.05) is 0 Å². The number of benzene rings is 1. The summed E-state index contributed by atoms with van der Waals surface area (Å²) in [5.74, 6) is 0. The fourth-order valence-electron chi connectivity index (χ4n) is 2.15. The molecular weight excluding hydrogens is 210 g/mol. The van der Waals surface area contributed by atoms with Crippen LogP contribution in [0, 0.1) is 0 Å². The maximum atomic E-state index is 6.35. The first-order valence-electron chi connectivity index (χ1n) is 5.85. The highest BCUT2D eigenvalue weighted by Gasteiger charge is 2.20. The molecule has 1 atom stereocenters. The number of hydrogen-bond donors (Lipinski definition) is 1. The zero-order chi connectivity index (χ0) is 12.3. The van der Waals surface area contributed by atoms with Gasteiger partial charge in [-0.2, -0.15) is 5.10 Å². The van der Waals surface area contributed by atoms with Crippen LogP contribution in [-0.2, 0) is 19.9 Å². The minimum absolute atomic E-state index is 0.232. The highest BCUT2D eigenvalue weighted by Crippen LogP contribution is 2.15. The Morgan fingerprint density at radius 2 is 1.82 bits per heavy atom. The van der Waals surface area contributed by atoms with Crippen LogP contribution in [0.2, 0.25) is 0 Å². The molecule has 0 aliphatic heterocycles. The molecule has 1 aromatic carbocycles.